The monoisotopic (exact) mass is 364 g/mol. The highest BCUT2D eigenvalue weighted by Gasteiger charge is 2.18. The zero-order chi connectivity index (χ0) is 16.1. The summed E-state index contributed by atoms with van der Waals surface area (Å²) in [5.74, 6) is -0.0483. The Kier molecular flexibility index (Phi) is 5.11. The highest BCUT2D eigenvalue weighted by atomic mass is 79.9. The third-order valence-electron chi connectivity index (χ3n) is 2.84. The molecule has 0 atom stereocenters. The fraction of sp³-hybridized carbons (Fsp3) is 0.133. The van der Waals surface area contributed by atoms with Crippen molar-refractivity contribution in [2.75, 3.05) is 11.9 Å². The van der Waals surface area contributed by atoms with E-state index in [1.54, 1.807) is 37.3 Å². The van der Waals surface area contributed by atoms with Crippen LogP contribution in [0, 0.1) is 10.1 Å². The van der Waals surface area contributed by atoms with Crippen LogP contribution in [0.25, 0.3) is 0 Å². The second-order valence-electron chi connectivity index (χ2n) is 4.30. The predicted molar refractivity (Wildman–Crippen MR) is 86.4 cm³/mol. The smallest absolute Gasteiger partial charge is 0.296 e. The van der Waals surface area contributed by atoms with Gasteiger partial charge in [0.1, 0.15) is 11.4 Å². The molecule has 0 aliphatic rings. The zero-order valence-electron chi connectivity index (χ0n) is 11.7. The quantitative estimate of drug-likeness (QED) is 0.641. The van der Waals surface area contributed by atoms with Gasteiger partial charge in [-0.15, -0.1) is 0 Å². The van der Waals surface area contributed by atoms with Crippen molar-refractivity contribution in [3.63, 3.8) is 0 Å². The second-order valence-corrected chi connectivity index (χ2v) is 5.16. The van der Waals surface area contributed by atoms with Crippen LogP contribution in [0.4, 0.5) is 11.4 Å². The Balaban J connectivity index is 2.31. The molecule has 7 heteroatoms. The number of rotatable bonds is 5. The molecule has 0 saturated carbocycles. The molecule has 0 spiro atoms. The molecule has 2 rings (SSSR count). The Morgan fingerprint density at radius 2 is 2.05 bits per heavy atom. The van der Waals surface area contributed by atoms with E-state index in [1.165, 1.54) is 12.1 Å². The topological polar surface area (TPSA) is 81.5 Å². The minimum atomic E-state index is -0.557. The lowest BCUT2D eigenvalue weighted by Crippen LogP contribution is -2.13. The Hall–Kier alpha value is -2.41. The average molecular weight is 365 g/mol. The van der Waals surface area contributed by atoms with Gasteiger partial charge in [0.25, 0.3) is 11.6 Å². The number of benzene rings is 2. The summed E-state index contributed by atoms with van der Waals surface area (Å²) in [5, 5.41) is 13.7. The van der Waals surface area contributed by atoms with Gasteiger partial charge < -0.3 is 10.1 Å². The predicted octanol–water partition coefficient (Wildman–Crippen LogP) is 4.01. The standard InChI is InChI=1S/C15H13BrN2O4/c1-2-22-10-7-8-13(14(9-10)18(20)21)17-15(19)11-5-3-4-6-12(11)16/h3-9H,2H2,1H3,(H,17,19). The van der Waals surface area contributed by atoms with Gasteiger partial charge in [-0.1, -0.05) is 12.1 Å². The van der Waals surface area contributed by atoms with Gasteiger partial charge in [0.15, 0.2) is 0 Å². The van der Waals surface area contributed by atoms with E-state index >= 15 is 0 Å². The van der Waals surface area contributed by atoms with E-state index in [1.807, 2.05) is 0 Å². The van der Waals surface area contributed by atoms with Gasteiger partial charge in [-0.05, 0) is 47.1 Å². The van der Waals surface area contributed by atoms with Crippen LogP contribution in [0.5, 0.6) is 5.75 Å². The lowest BCUT2D eigenvalue weighted by Gasteiger charge is -2.09. The molecule has 1 N–H and O–H groups in total. The molecule has 6 nitrogen and oxygen atoms in total. The molecule has 114 valence electrons. The molecule has 2 aromatic carbocycles. The number of anilines is 1. The van der Waals surface area contributed by atoms with Gasteiger partial charge in [0.2, 0.25) is 0 Å². The molecule has 0 radical (unpaired) electrons. The van der Waals surface area contributed by atoms with Gasteiger partial charge in [-0.2, -0.15) is 0 Å². The molecular weight excluding hydrogens is 352 g/mol. The molecule has 0 aliphatic heterocycles. The summed E-state index contributed by atoms with van der Waals surface area (Å²) in [7, 11) is 0. The number of nitro benzene ring substituents is 1. The zero-order valence-corrected chi connectivity index (χ0v) is 13.3. The lowest BCUT2D eigenvalue weighted by atomic mass is 10.2. The summed E-state index contributed by atoms with van der Waals surface area (Å²) in [6, 6.07) is 11.2. The number of hydrogen-bond donors (Lipinski definition) is 1. The van der Waals surface area contributed by atoms with Crippen molar-refractivity contribution >= 4 is 33.2 Å². The maximum absolute atomic E-state index is 12.2. The number of nitrogens with one attached hydrogen (secondary N) is 1. The summed E-state index contributed by atoms with van der Waals surface area (Å²) >= 11 is 3.28. The van der Waals surface area contributed by atoms with Crippen LogP contribution < -0.4 is 10.1 Å². The molecule has 0 aliphatic carbocycles. The molecule has 0 saturated heterocycles. The van der Waals surface area contributed by atoms with Crippen LogP contribution in [0.3, 0.4) is 0 Å². The van der Waals surface area contributed by atoms with Crippen molar-refractivity contribution < 1.29 is 14.5 Å². The van der Waals surface area contributed by atoms with Crippen molar-refractivity contribution in [1.29, 1.82) is 0 Å². The number of nitro groups is 1. The number of nitrogens with zero attached hydrogens (tertiary/aromatic N) is 1. The van der Waals surface area contributed by atoms with E-state index in [9.17, 15) is 14.9 Å². The highest BCUT2D eigenvalue weighted by molar-refractivity contribution is 9.10. The summed E-state index contributed by atoms with van der Waals surface area (Å²) in [5.41, 5.74) is 0.297. The van der Waals surface area contributed by atoms with Gasteiger partial charge in [-0.25, -0.2) is 0 Å². The molecule has 0 bridgehead atoms. The molecule has 0 heterocycles. The molecule has 0 aromatic heterocycles. The average Bonchev–Trinajstić information content (AvgIpc) is 2.49. The van der Waals surface area contributed by atoms with Crippen molar-refractivity contribution in [2.45, 2.75) is 6.92 Å². The van der Waals surface area contributed by atoms with Crippen LogP contribution >= 0.6 is 15.9 Å². The van der Waals surface area contributed by atoms with E-state index in [4.69, 9.17) is 4.74 Å². The van der Waals surface area contributed by atoms with Crippen LogP contribution in [0.15, 0.2) is 46.9 Å². The molecular formula is C15H13BrN2O4. The summed E-state index contributed by atoms with van der Waals surface area (Å²) in [6.45, 7) is 2.19. The lowest BCUT2D eigenvalue weighted by molar-refractivity contribution is -0.384. The van der Waals surface area contributed by atoms with Crippen LogP contribution in [-0.4, -0.2) is 17.4 Å². The fourth-order valence-corrected chi connectivity index (χ4v) is 2.32. The largest absolute Gasteiger partial charge is 0.494 e. The Morgan fingerprint density at radius 1 is 1.32 bits per heavy atom. The van der Waals surface area contributed by atoms with E-state index < -0.39 is 10.8 Å². The number of amides is 1. The first-order valence-corrected chi connectivity index (χ1v) is 7.29. The van der Waals surface area contributed by atoms with Crippen molar-refractivity contribution in [2.24, 2.45) is 0 Å². The van der Waals surface area contributed by atoms with Gasteiger partial charge in [0.05, 0.1) is 23.2 Å². The van der Waals surface area contributed by atoms with Crippen LogP contribution in [0.1, 0.15) is 17.3 Å². The SMILES string of the molecule is CCOc1ccc(NC(=O)c2ccccc2Br)c([N+](=O)[O-])c1. The first-order chi connectivity index (χ1) is 10.5. The fourth-order valence-electron chi connectivity index (χ4n) is 1.86. The van der Waals surface area contributed by atoms with Crippen LogP contribution in [-0.2, 0) is 0 Å². The van der Waals surface area contributed by atoms with Gasteiger partial charge in [0, 0.05) is 4.47 Å². The maximum Gasteiger partial charge on any atom is 0.296 e. The Morgan fingerprint density at radius 3 is 2.68 bits per heavy atom. The number of carbonyl (C=O) groups excluding carboxylic acids is 1. The van der Waals surface area contributed by atoms with Crippen molar-refractivity contribution in [3.8, 4) is 5.75 Å². The summed E-state index contributed by atoms with van der Waals surface area (Å²) in [4.78, 5) is 22.8. The second kappa shape index (κ2) is 7.04. The first-order valence-electron chi connectivity index (χ1n) is 6.50. The molecule has 22 heavy (non-hydrogen) atoms. The van der Waals surface area contributed by atoms with Crippen LogP contribution in [0.2, 0.25) is 0 Å². The number of carbonyl (C=O) groups is 1. The molecule has 2 aromatic rings. The van der Waals surface area contributed by atoms with Crippen molar-refractivity contribution in [3.05, 3.63) is 62.6 Å². The third-order valence-corrected chi connectivity index (χ3v) is 3.54. The maximum atomic E-state index is 12.2. The highest BCUT2D eigenvalue weighted by Crippen LogP contribution is 2.30. The summed E-state index contributed by atoms with van der Waals surface area (Å²) < 4.78 is 5.85. The Bertz CT molecular complexity index is 718. The minimum absolute atomic E-state index is 0.120. The normalized spacial score (nSPS) is 10.1. The van der Waals surface area contributed by atoms with Crippen molar-refractivity contribution in [1.82, 2.24) is 0 Å². The minimum Gasteiger partial charge on any atom is -0.494 e. The van der Waals surface area contributed by atoms with E-state index in [0.717, 1.165) is 0 Å². The molecule has 1 amide bonds. The van der Waals surface area contributed by atoms with Gasteiger partial charge >= 0.3 is 0 Å². The number of halogens is 1. The summed E-state index contributed by atoms with van der Waals surface area (Å²) in [6.07, 6.45) is 0. The van der Waals surface area contributed by atoms with E-state index in [-0.39, 0.29) is 11.4 Å². The molecule has 0 unspecified atom stereocenters. The van der Waals surface area contributed by atoms with E-state index in [0.29, 0.717) is 22.4 Å². The first kappa shape index (κ1) is 16.0. The third kappa shape index (κ3) is 3.62. The molecule has 0 fully saturated rings. The van der Waals surface area contributed by atoms with E-state index in [2.05, 4.69) is 21.2 Å². The Labute approximate surface area is 135 Å². The number of ether oxygens (including phenoxy) is 1. The van der Waals surface area contributed by atoms with Gasteiger partial charge in [-0.3, -0.25) is 14.9 Å². The number of hydrogen-bond acceptors (Lipinski definition) is 4.